The van der Waals surface area contributed by atoms with E-state index < -0.39 is 0 Å². The van der Waals surface area contributed by atoms with E-state index in [0.717, 1.165) is 6.42 Å². The molecule has 0 bridgehead atoms. The van der Waals surface area contributed by atoms with Gasteiger partial charge in [-0.1, -0.05) is 31.1 Å². The van der Waals surface area contributed by atoms with E-state index in [9.17, 15) is 0 Å². The number of hydrogen-bond acceptors (Lipinski definition) is 1. The molecule has 14 heavy (non-hydrogen) atoms. The molecule has 1 nitrogen and oxygen atoms in total. The summed E-state index contributed by atoms with van der Waals surface area (Å²) in [6, 6.07) is 0. The Morgan fingerprint density at radius 2 is 1.71 bits per heavy atom. The van der Waals surface area contributed by atoms with Crippen molar-refractivity contribution in [3.8, 4) is 0 Å². The average Bonchev–Trinajstić information content (AvgIpc) is 2.62. The highest BCUT2D eigenvalue weighted by atomic mass is 15.1. The van der Waals surface area contributed by atoms with Crippen LogP contribution in [0.5, 0.6) is 0 Å². The van der Waals surface area contributed by atoms with Crippen molar-refractivity contribution in [1.82, 2.24) is 4.90 Å². The lowest BCUT2D eigenvalue weighted by molar-refractivity contribution is 0.369. The molecule has 1 fully saturated rings. The van der Waals surface area contributed by atoms with Crippen molar-refractivity contribution in [2.75, 3.05) is 13.1 Å². The van der Waals surface area contributed by atoms with Crippen LogP contribution in [0.15, 0.2) is 36.1 Å². The zero-order chi connectivity index (χ0) is 9.64. The molecule has 76 valence electrons. The molecule has 2 aliphatic rings. The molecule has 0 spiro atoms. The molecule has 0 aromatic rings. The van der Waals surface area contributed by atoms with Gasteiger partial charge in [-0.2, -0.15) is 0 Å². The predicted octanol–water partition coefficient (Wildman–Crippen LogP) is 3.26. The van der Waals surface area contributed by atoms with E-state index in [2.05, 4.69) is 35.3 Å². The van der Waals surface area contributed by atoms with Crippen LogP contribution in [0, 0.1) is 0 Å². The van der Waals surface area contributed by atoms with Gasteiger partial charge in [0.05, 0.1) is 0 Å². The molecule has 1 saturated heterocycles. The number of rotatable bonds is 1. The van der Waals surface area contributed by atoms with Crippen LogP contribution in [0.25, 0.3) is 0 Å². The smallest absolute Gasteiger partial charge is 0.0362 e. The van der Waals surface area contributed by atoms with Gasteiger partial charge in [-0.05, 0) is 31.4 Å². The second-order valence-electron chi connectivity index (χ2n) is 4.06. The maximum Gasteiger partial charge on any atom is 0.0362 e. The van der Waals surface area contributed by atoms with Crippen molar-refractivity contribution in [3.63, 3.8) is 0 Å². The van der Waals surface area contributed by atoms with Gasteiger partial charge in [0.2, 0.25) is 0 Å². The highest BCUT2D eigenvalue weighted by Crippen LogP contribution is 2.17. The molecule has 2 rings (SSSR count). The van der Waals surface area contributed by atoms with Crippen LogP contribution in [-0.2, 0) is 0 Å². The Morgan fingerprint density at radius 3 is 2.50 bits per heavy atom. The monoisotopic (exact) mass is 189 g/mol. The fourth-order valence-electron chi connectivity index (χ4n) is 2.11. The highest BCUT2D eigenvalue weighted by molar-refractivity contribution is 5.26. The van der Waals surface area contributed by atoms with Gasteiger partial charge >= 0.3 is 0 Å². The molecule has 1 heteroatoms. The molecular weight excluding hydrogens is 170 g/mol. The van der Waals surface area contributed by atoms with Gasteiger partial charge in [-0.15, -0.1) is 0 Å². The fourth-order valence-corrected chi connectivity index (χ4v) is 2.11. The Morgan fingerprint density at radius 1 is 0.929 bits per heavy atom. The molecule has 0 unspecified atom stereocenters. The summed E-state index contributed by atoms with van der Waals surface area (Å²) >= 11 is 0. The van der Waals surface area contributed by atoms with Crippen LogP contribution in [-0.4, -0.2) is 18.0 Å². The quantitative estimate of drug-likeness (QED) is 0.612. The molecule has 0 saturated carbocycles. The summed E-state index contributed by atoms with van der Waals surface area (Å²) < 4.78 is 0. The molecule has 1 aliphatic heterocycles. The minimum atomic E-state index is 1.08. The van der Waals surface area contributed by atoms with E-state index in [1.807, 2.05) is 0 Å². The number of likely N-dealkylation sites (tertiary alicyclic amines) is 1. The Bertz CT molecular complexity index is 252. The molecule has 0 atom stereocenters. The normalized spacial score (nSPS) is 22.9. The molecule has 0 N–H and O–H groups in total. The van der Waals surface area contributed by atoms with Crippen molar-refractivity contribution in [3.05, 3.63) is 36.1 Å². The first-order valence-corrected chi connectivity index (χ1v) is 5.75. The van der Waals surface area contributed by atoms with E-state index in [0.29, 0.717) is 0 Å². The van der Waals surface area contributed by atoms with Gasteiger partial charge in [-0.3, -0.25) is 0 Å². The lowest BCUT2D eigenvalue weighted by Crippen LogP contribution is -2.22. The first kappa shape index (κ1) is 9.57. The van der Waals surface area contributed by atoms with Crippen molar-refractivity contribution < 1.29 is 0 Å². The van der Waals surface area contributed by atoms with E-state index in [-0.39, 0.29) is 0 Å². The fraction of sp³-hybridized carbons (Fsp3) is 0.538. The van der Waals surface area contributed by atoms with Gasteiger partial charge in [0, 0.05) is 18.8 Å². The van der Waals surface area contributed by atoms with E-state index in [1.165, 1.54) is 44.5 Å². The largest absolute Gasteiger partial charge is 0.372 e. The molecule has 0 aromatic heterocycles. The molecule has 0 aromatic carbocycles. The van der Waals surface area contributed by atoms with Crippen LogP contribution < -0.4 is 0 Å². The third-order valence-corrected chi connectivity index (χ3v) is 2.94. The maximum absolute atomic E-state index is 2.53. The summed E-state index contributed by atoms with van der Waals surface area (Å²) in [5.41, 5.74) is 1.40. The second kappa shape index (κ2) is 5.04. The molecule has 0 radical (unpaired) electrons. The van der Waals surface area contributed by atoms with Crippen LogP contribution in [0.4, 0.5) is 0 Å². The Labute approximate surface area is 86.8 Å². The van der Waals surface area contributed by atoms with Gasteiger partial charge < -0.3 is 4.90 Å². The minimum Gasteiger partial charge on any atom is -0.372 e. The number of allylic oxidation sites excluding steroid dienone is 5. The van der Waals surface area contributed by atoms with Crippen molar-refractivity contribution in [2.45, 2.75) is 32.1 Å². The van der Waals surface area contributed by atoms with Gasteiger partial charge in [-0.25, -0.2) is 0 Å². The summed E-state index contributed by atoms with van der Waals surface area (Å²) in [6.45, 7) is 2.48. The third-order valence-electron chi connectivity index (χ3n) is 2.94. The topological polar surface area (TPSA) is 3.24 Å². The lowest BCUT2D eigenvalue weighted by atomic mass is 10.2. The maximum atomic E-state index is 2.53. The Balaban J connectivity index is 2.04. The van der Waals surface area contributed by atoms with Gasteiger partial charge in [0.25, 0.3) is 0 Å². The lowest BCUT2D eigenvalue weighted by Gasteiger charge is -2.23. The molecule has 1 heterocycles. The van der Waals surface area contributed by atoms with Crippen molar-refractivity contribution in [2.24, 2.45) is 0 Å². The van der Waals surface area contributed by atoms with Crippen LogP contribution in [0.2, 0.25) is 0 Å². The third kappa shape index (κ3) is 2.50. The van der Waals surface area contributed by atoms with Crippen molar-refractivity contribution in [1.29, 1.82) is 0 Å². The zero-order valence-electron chi connectivity index (χ0n) is 8.78. The summed E-state index contributed by atoms with van der Waals surface area (Å²) in [5.74, 6) is 0. The standard InChI is InChI=1S/C13H19N/c1-2-6-10-13(9-5-1)14-11-7-3-4-8-12-14/h1,5-6,9-10H,2-4,7-8,11-12H2. The van der Waals surface area contributed by atoms with Crippen LogP contribution in [0.3, 0.4) is 0 Å². The zero-order valence-corrected chi connectivity index (χ0v) is 8.78. The van der Waals surface area contributed by atoms with Crippen LogP contribution in [0.1, 0.15) is 32.1 Å². The van der Waals surface area contributed by atoms with E-state index in [1.54, 1.807) is 0 Å². The first-order valence-electron chi connectivity index (χ1n) is 5.75. The predicted molar refractivity (Wildman–Crippen MR) is 61.0 cm³/mol. The van der Waals surface area contributed by atoms with Gasteiger partial charge in [0.1, 0.15) is 0 Å². The molecule has 1 aliphatic carbocycles. The summed E-state index contributed by atoms with van der Waals surface area (Å²) in [7, 11) is 0. The van der Waals surface area contributed by atoms with E-state index in [4.69, 9.17) is 0 Å². The average molecular weight is 189 g/mol. The Kier molecular flexibility index (Phi) is 3.44. The molecule has 0 amide bonds. The molecular formula is C13H19N. The number of nitrogens with zero attached hydrogens (tertiary/aromatic N) is 1. The highest BCUT2D eigenvalue weighted by Gasteiger charge is 2.09. The van der Waals surface area contributed by atoms with Gasteiger partial charge in [0.15, 0.2) is 0 Å². The number of hydrogen-bond donors (Lipinski definition) is 0. The summed E-state index contributed by atoms with van der Waals surface area (Å²) in [4.78, 5) is 2.53. The summed E-state index contributed by atoms with van der Waals surface area (Å²) in [6.07, 6.45) is 17.8. The SMILES string of the molecule is C1=CCC=CC(N2CCCCCC2)=C1. The van der Waals surface area contributed by atoms with Crippen LogP contribution >= 0.6 is 0 Å². The minimum absolute atomic E-state index is 1.08. The first-order chi connectivity index (χ1) is 6.97. The van der Waals surface area contributed by atoms with Crippen molar-refractivity contribution >= 4 is 0 Å². The summed E-state index contributed by atoms with van der Waals surface area (Å²) in [5, 5.41) is 0. The van der Waals surface area contributed by atoms with E-state index >= 15 is 0 Å². The second-order valence-corrected chi connectivity index (χ2v) is 4.06. The Hall–Kier alpha value is -0.980.